The van der Waals surface area contributed by atoms with Crippen LogP contribution in [0, 0.1) is 16.7 Å². The van der Waals surface area contributed by atoms with E-state index in [0.29, 0.717) is 11.5 Å². The molecule has 0 spiro atoms. The molecular formula is C17H20BrNO2. The summed E-state index contributed by atoms with van der Waals surface area (Å²) in [6, 6.07) is 7.12. The molecule has 0 aromatic heterocycles. The fraction of sp³-hybridized carbons (Fsp3) is 0.529. The second-order valence-corrected chi connectivity index (χ2v) is 7.83. The summed E-state index contributed by atoms with van der Waals surface area (Å²) in [7, 11) is 0. The number of benzene rings is 1. The van der Waals surface area contributed by atoms with Crippen molar-refractivity contribution in [3.05, 3.63) is 34.3 Å². The molecule has 0 aliphatic heterocycles. The smallest absolute Gasteiger partial charge is 0.313 e. The molecule has 4 heteroatoms. The molecule has 3 nitrogen and oxygen atoms in total. The lowest BCUT2D eigenvalue weighted by molar-refractivity contribution is 0.0508. The average Bonchev–Trinajstić information content (AvgIpc) is 2.78. The third-order valence-corrected chi connectivity index (χ3v) is 6.36. The van der Waals surface area contributed by atoms with Crippen molar-refractivity contribution in [3.63, 3.8) is 0 Å². The SMILES string of the molecule is CC1(C)[C@H]2CC[C@]1(C)/C(=N/OC(=O)c1ccc(Br)cc1)C2. The maximum Gasteiger partial charge on any atom is 0.365 e. The van der Waals surface area contributed by atoms with Crippen molar-refractivity contribution in [2.45, 2.75) is 40.0 Å². The van der Waals surface area contributed by atoms with E-state index in [0.717, 1.165) is 23.0 Å². The number of nitrogens with zero attached hydrogens (tertiary/aromatic N) is 1. The zero-order valence-electron chi connectivity index (χ0n) is 12.6. The molecule has 1 aromatic rings. The first-order chi connectivity index (χ1) is 9.84. The molecule has 0 heterocycles. The third-order valence-electron chi connectivity index (χ3n) is 5.83. The molecule has 2 aliphatic rings. The number of hydrogen-bond donors (Lipinski definition) is 0. The van der Waals surface area contributed by atoms with Gasteiger partial charge in [-0.2, -0.15) is 0 Å². The van der Waals surface area contributed by atoms with Crippen LogP contribution in [0.1, 0.15) is 50.4 Å². The summed E-state index contributed by atoms with van der Waals surface area (Å²) in [4.78, 5) is 17.2. The Balaban J connectivity index is 1.76. The number of rotatable bonds is 2. The molecule has 0 N–H and O–H groups in total. The molecule has 0 amide bonds. The van der Waals surface area contributed by atoms with Gasteiger partial charge < -0.3 is 4.84 Å². The number of carbonyl (C=O) groups is 1. The number of carbonyl (C=O) groups excluding carboxylic acids is 1. The zero-order chi connectivity index (χ0) is 15.3. The molecular weight excluding hydrogens is 330 g/mol. The van der Waals surface area contributed by atoms with Gasteiger partial charge in [0.05, 0.1) is 11.3 Å². The van der Waals surface area contributed by atoms with Crippen molar-refractivity contribution in [1.29, 1.82) is 0 Å². The molecule has 2 bridgehead atoms. The quantitative estimate of drug-likeness (QED) is 0.567. The van der Waals surface area contributed by atoms with Crippen LogP contribution in [0.4, 0.5) is 0 Å². The monoisotopic (exact) mass is 349 g/mol. The van der Waals surface area contributed by atoms with Crippen molar-refractivity contribution < 1.29 is 9.63 Å². The summed E-state index contributed by atoms with van der Waals surface area (Å²) in [5, 5.41) is 4.23. The van der Waals surface area contributed by atoms with Gasteiger partial charge in [0.2, 0.25) is 0 Å². The third kappa shape index (κ3) is 2.24. The average molecular weight is 350 g/mol. The number of hydrogen-bond acceptors (Lipinski definition) is 3. The van der Waals surface area contributed by atoms with Gasteiger partial charge in [-0.25, -0.2) is 4.79 Å². The van der Waals surface area contributed by atoms with Crippen molar-refractivity contribution >= 4 is 27.6 Å². The van der Waals surface area contributed by atoms with Crippen LogP contribution in [0.25, 0.3) is 0 Å². The largest absolute Gasteiger partial charge is 0.365 e. The fourth-order valence-electron chi connectivity index (χ4n) is 3.80. The summed E-state index contributed by atoms with van der Waals surface area (Å²) >= 11 is 3.35. The minimum absolute atomic E-state index is 0.0671. The normalized spacial score (nSPS) is 31.6. The maximum atomic E-state index is 12.0. The van der Waals surface area contributed by atoms with Crippen molar-refractivity contribution in [2.24, 2.45) is 21.9 Å². The van der Waals surface area contributed by atoms with E-state index in [-0.39, 0.29) is 16.8 Å². The number of halogens is 1. The standard InChI is InChI=1S/C17H20BrNO2/c1-16(2)12-8-9-17(16,3)14(10-12)19-21-15(20)11-4-6-13(18)7-5-11/h4-7,12H,8-10H2,1-3H3/b19-14+/t12-,17+/m0/s1. The molecule has 2 atom stereocenters. The Kier molecular flexibility index (Phi) is 3.47. The van der Waals surface area contributed by atoms with Gasteiger partial charge in [0.25, 0.3) is 0 Å². The number of fused-ring (bicyclic) bond motifs is 2. The van der Waals surface area contributed by atoms with Gasteiger partial charge >= 0.3 is 5.97 Å². The van der Waals surface area contributed by atoms with Crippen LogP contribution in [-0.2, 0) is 4.84 Å². The Morgan fingerprint density at radius 2 is 1.95 bits per heavy atom. The minimum atomic E-state index is -0.390. The topological polar surface area (TPSA) is 38.7 Å². The first-order valence-electron chi connectivity index (χ1n) is 7.39. The van der Waals surface area contributed by atoms with Crippen molar-refractivity contribution in [1.82, 2.24) is 0 Å². The molecule has 2 fully saturated rings. The van der Waals surface area contributed by atoms with Crippen LogP contribution in [0.3, 0.4) is 0 Å². The summed E-state index contributed by atoms with van der Waals surface area (Å²) < 4.78 is 0.938. The van der Waals surface area contributed by atoms with Gasteiger partial charge in [0.1, 0.15) is 0 Å². The lowest BCUT2D eigenvalue weighted by Gasteiger charge is -2.34. The second kappa shape index (κ2) is 4.94. The highest BCUT2D eigenvalue weighted by atomic mass is 79.9. The van der Waals surface area contributed by atoms with Crippen LogP contribution in [0.5, 0.6) is 0 Å². The first kappa shape index (κ1) is 14.8. The van der Waals surface area contributed by atoms with Crippen LogP contribution < -0.4 is 0 Å². The van der Waals surface area contributed by atoms with Crippen LogP contribution >= 0.6 is 15.9 Å². The highest BCUT2D eigenvalue weighted by Gasteiger charge is 2.60. The summed E-state index contributed by atoms with van der Waals surface area (Å²) in [6.45, 7) is 6.87. The first-order valence-corrected chi connectivity index (χ1v) is 8.18. The fourth-order valence-corrected chi connectivity index (χ4v) is 4.07. The van der Waals surface area contributed by atoms with E-state index in [1.807, 2.05) is 12.1 Å². The van der Waals surface area contributed by atoms with E-state index in [1.54, 1.807) is 12.1 Å². The molecule has 2 saturated carbocycles. The molecule has 0 radical (unpaired) electrons. The highest BCUT2D eigenvalue weighted by molar-refractivity contribution is 9.10. The second-order valence-electron chi connectivity index (χ2n) is 6.92. The Hall–Kier alpha value is -1.16. The Morgan fingerprint density at radius 3 is 2.48 bits per heavy atom. The molecule has 112 valence electrons. The van der Waals surface area contributed by atoms with Gasteiger partial charge in [-0.1, -0.05) is 41.9 Å². The van der Waals surface area contributed by atoms with Gasteiger partial charge in [-0.3, -0.25) is 0 Å². The van der Waals surface area contributed by atoms with E-state index in [2.05, 4.69) is 41.9 Å². The predicted octanol–water partition coefficient (Wildman–Crippen LogP) is 4.81. The maximum absolute atomic E-state index is 12.0. The molecule has 2 aliphatic carbocycles. The zero-order valence-corrected chi connectivity index (χ0v) is 14.2. The van der Waals surface area contributed by atoms with Gasteiger partial charge in [0, 0.05) is 9.89 Å². The van der Waals surface area contributed by atoms with E-state index in [1.165, 1.54) is 6.42 Å². The van der Waals surface area contributed by atoms with E-state index in [4.69, 9.17) is 4.84 Å². The van der Waals surface area contributed by atoms with Crippen molar-refractivity contribution in [2.75, 3.05) is 0 Å². The van der Waals surface area contributed by atoms with Gasteiger partial charge in [-0.15, -0.1) is 0 Å². The lowest BCUT2D eigenvalue weighted by atomic mass is 9.70. The molecule has 0 unspecified atom stereocenters. The molecule has 3 rings (SSSR count). The summed E-state index contributed by atoms with van der Waals surface area (Å²) in [6.07, 6.45) is 3.35. The van der Waals surface area contributed by atoms with E-state index >= 15 is 0 Å². The molecule has 1 aromatic carbocycles. The van der Waals surface area contributed by atoms with Crippen LogP contribution in [0.15, 0.2) is 33.9 Å². The highest BCUT2D eigenvalue weighted by Crippen LogP contribution is 2.63. The Labute approximate surface area is 133 Å². The van der Waals surface area contributed by atoms with Crippen molar-refractivity contribution in [3.8, 4) is 0 Å². The summed E-state index contributed by atoms with van der Waals surface area (Å²) in [5.41, 5.74) is 1.89. The predicted molar refractivity (Wildman–Crippen MR) is 86.2 cm³/mol. The Morgan fingerprint density at radius 1 is 1.29 bits per heavy atom. The summed E-state index contributed by atoms with van der Waals surface area (Å²) in [5.74, 6) is 0.270. The van der Waals surface area contributed by atoms with Gasteiger partial charge in [0.15, 0.2) is 0 Å². The molecule has 0 saturated heterocycles. The molecule has 21 heavy (non-hydrogen) atoms. The number of oxime groups is 1. The van der Waals surface area contributed by atoms with E-state index in [9.17, 15) is 4.79 Å². The Bertz CT molecular complexity index is 606. The minimum Gasteiger partial charge on any atom is -0.313 e. The lowest BCUT2D eigenvalue weighted by Crippen LogP contribution is -2.32. The van der Waals surface area contributed by atoms with Crippen LogP contribution in [-0.4, -0.2) is 11.7 Å². The van der Waals surface area contributed by atoms with E-state index < -0.39 is 0 Å². The van der Waals surface area contributed by atoms with Gasteiger partial charge in [-0.05, 0) is 54.9 Å². The van der Waals surface area contributed by atoms with Crippen LogP contribution in [0.2, 0.25) is 0 Å².